The molecule has 1 heterocycles. The Hall–Kier alpha value is -1.10. The van der Waals surface area contributed by atoms with Gasteiger partial charge in [-0.3, -0.25) is 9.59 Å². The van der Waals surface area contributed by atoms with E-state index in [2.05, 4.69) is 5.32 Å². The summed E-state index contributed by atoms with van der Waals surface area (Å²) in [7, 11) is 0. The number of nitrogens with one attached hydrogen (secondary N) is 1. The van der Waals surface area contributed by atoms with Crippen molar-refractivity contribution in [3.8, 4) is 0 Å². The zero-order valence-corrected chi connectivity index (χ0v) is 13.3. The van der Waals surface area contributed by atoms with Gasteiger partial charge in [0, 0.05) is 6.54 Å². The van der Waals surface area contributed by atoms with Gasteiger partial charge >= 0.3 is 0 Å². The molecule has 3 unspecified atom stereocenters. The zero-order chi connectivity index (χ0) is 15.3. The molecule has 1 saturated heterocycles. The van der Waals surface area contributed by atoms with E-state index >= 15 is 0 Å². The molecule has 3 atom stereocenters. The summed E-state index contributed by atoms with van der Waals surface area (Å²) in [6, 6.07) is -0.757. The summed E-state index contributed by atoms with van der Waals surface area (Å²) < 4.78 is 5.53. The van der Waals surface area contributed by atoms with E-state index < -0.39 is 0 Å². The first-order chi connectivity index (χ1) is 9.42. The van der Waals surface area contributed by atoms with Crippen molar-refractivity contribution in [2.45, 2.75) is 65.6 Å². The van der Waals surface area contributed by atoms with Gasteiger partial charge in [-0.15, -0.1) is 0 Å². The second-order valence-corrected chi connectivity index (χ2v) is 5.75. The lowest BCUT2D eigenvalue weighted by molar-refractivity contribution is -0.152. The number of hydrogen-bond donors (Lipinski definition) is 1. The van der Waals surface area contributed by atoms with Crippen LogP contribution < -0.4 is 5.32 Å². The molecule has 0 aromatic carbocycles. The number of piperazine rings is 1. The number of hydrogen-bond acceptors (Lipinski definition) is 3. The number of amides is 2. The summed E-state index contributed by atoms with van der Waals surface area (Å²) in [5, 5.41) is 2.84. The van der Waals surface area contributed by atoms with Crippen LogP contribution in [0, 0.1) is 5.92 Å². The molecule has 0 aliphatic carbocycles. The van der Waals surface area contributed by atoms with Gasteiger partial charge in [0.1, 0.15) is 12.1 Å². The van der Waals surface area contributed by atoms with Crippen molar-refractivity contribution >= 4 is 11.8 Å². The summed E-state index contributed by atoms with van der Waals surface area (Å²) in [6.45, 7) is 10.8. The minimum Gasteiger partial charge on any atom is -0.377 e. The van der Waals surface area contributed by atoms with E-state index in [4.69, 9.17) is 4.74 Å². The van der Waals surface area contributed by atoms with Crippen molar-refractivity contribution < 1.29 is 14.3 Å². The number of carbonyl (C=O) groups excluding carboxylic acids is 2. The number of rotatable bonds is 7. The lowest BCUT2D eigenvalue weighted by Crippen LogP contribution is -2.65. The predicted molar refractivity (Wildman–Crippen MR) is 78.3 cm³/mol. The number of nitrogens with zero attached hydrogens (tertiary/aromatic N) is 1. The topological polar surface area (TPSA) is 58.6 Å². The first-order valence-electron chi connectivity index (χ1n) is 7.64. The molecule has 20 heavy (non-hydrogen) atoms. The normalized spacial score (nSPS) is 25.0. The molecule has 1 aliphatic rings. The predicted octanol–water partition coefficient (Wildman–Crippen LogP) is 1.56. The van der Waals surface area contributed by atoms with Crippen LogP contribution in [0.3, 0.4) is 0 Å². The Balaban J connectivity index is 2.82. The van der Waals surface area contributed by atoms with E-state index in [1.54, 1.807) is 4.90 Å². The minimum atomic E-state index is -0.387. The van der Waals surface area contributed by atoms with Crippen molar-refractivity contribution in [1.29, 1.82) is 0 Å². The van der Waals surface area contributed by atoms with E-state index in [1.165, 1.54) is 0 Å². The van der Waals surface area contributed by atoms with E-state index in [1.807, 2.05) is 34.6 Å². The summed E-state index contributed by atoms with van der Waals surface area (Å²) in [5.74, 6) is 0.135. The third-order valence-corrected chi connectivity index (χ3v) is 3.88. The largest absolute Gasteiger partial charge is 0.377 e. The number of carbonyl (C=O) groups is 2. The maximum Gasteiger partial charge on any atom is 0.245 e. The Morgan fingerprint density at radius 3 is 2.40 bits per heavy atom. The van der Waals surface area contributed by atoms with Crippen molar-refractivity contribution in [2.24, 2.45) is 5.92 Å². The quantitative estimate of drug-likeness (QED) is 0.772. The maximum atomic E-state index is 12.5. The fraction of sp³-hybridized carbons (Fsp3) is 0.867. The van der Waals surface area contributed by atoms with E-state index in [9.17, 15) is 9.59 Å². The second kappa shape index (κ2) is 7.62. The van der Waals surface area contributed by atoms with Gasteiger partial charge in [-0.2, -0.15) is 0 Å². The molecule has 5 nitrogen and oxygen atoms in total. The van der Waals surface area contributed by atoms with Crippen LogP contribution in [0.5, 0.6) is 0 Å². The van der Waals surface area contributed by atoms with Gasteiger partial charge in [0.15, 0.2) is 0 Å². The zero-order valence-electron chi connectivity index (χ0n) is 13.3. The third kappa shape index (κ3) is 3.95. The van der Waals surface area contributed by atoms with Crippen LogP contribution in [-0.2, 0) is 14.3 Å². The van der Waals surface area contributed by atoms with Crippen LogP contribution in [0.25, 0.3) is 0 Å². The van der Waals surface area contributed by atoms with Crippen LogP contribution in [0.2, 0.25) is 0 Å². The van der Waals surface area contributed by atoms with Gasteiger partial charge in [0.05, 0.1) is 12.7 Å². The first-order valence-corrected chi connectivity index (χ1v) is 7.64. The van der Waals surface area contributed by atoms with Gasteiger partial charge in [-0.1, -0.05) is 27.2 Å². The molecular formula is C15H28N2O3. The van der Waals surface area contributed by atoms with Gasteiger partial charge in [-0.05, 0) is 26.2 Å². The lowest BCUT2D eigenvalue weighted by atomic mass is 9.93. The third-order valence-electron chi connectivity index (χ3n) is 3.88. The van der Waals surface area contributed by atoms with E-state index in [-0.39, 0.29) is 35.9 Å². The standard InChI is InChI=1S/C15H28N2O3/c1-6-11(5)13-14(18)16-12(7-2)15(19)17(13)8-9-20-10(3)4/h10-13H,6-9H2,1-5H3,(H,16,18). The lowest BCUT2D eigenvalue weighted by Gasteiger charge is -2.41. The highest BCUT2D eigenvalue weighted by Crippen LogP contribution is 2.20. The van der Waals surface area contributed by atoms with E-state index in [0.29, 0.717) is 19.6 Å². The minimum absolute atomic E-state index is 0.0183. The van der Waals surface area contributed by atoms with Crippen LogP contribution in [0.15, 0.2) is 0 Å². The Morgan fingerprint density at radius 1 is 1.25 bits per heavy atom. The van der Waals surface area contributed by atoms with Gasteiger partial charge in [0.2, 0.25) is 11.8 Å². The fourth-order valence-corrected chi connectivity index (χ4v) is 2.50. The molecule has 0 saturated carbocycles. The molecular weight excluding hydrogens is 256 g/mol. The molecule has 0 radical (unpaired) electrons. The number of ether oxygens (including phenoxy) is 1. The van der Waals surface area contributed by atoms with Gasteiger partial charge in [-0.25, -0.2) is 0 Å². The average Bonchev–Trinajstić information content (AvgIpc) is 2.41. The highest BCUT2D eigenvalue weighted by Gasteiger charge is 2.41. The second-order valence-electron chi connectivity index (χ2n) is 5.75. The van der Waals surface area contributed by atoms with Crippen molar-refractivity contribution in [3.63, 3.8) is 0 Å². The molecule has 5 heteroatoms. The molecule has 2 amide bonds. The molecule has 0 bridgehead atoms. The van der Waals surface area contributed by atoms with Crippen molar-refractivity contribution in [3.05, 3.63) is 0 Å². The Morgan fingerprint density at radius 2 is 1.90 bits per heavy atom. The van der Waals surface area contributed by atoms with Crippen LogP contribution in [-0.4, -0.2) is 48.1 Å². The molecule has 1 aliphatic heterocycles. The van der Waals surface area contributed by atoms with Crippen molar-refractivity contribution in [2.75, 3.05) is 13.2 Å². The highest BCUT2D eigenvalue weighted by atomic mass is 16.5. The highest BCUT2D eigenvalue weighted by molar-refractivity contribution is 5.97. The molecule has 1 rings (SSSR count). The van der Waals surface area contributed by atoms with Crippen LogP contribution in [0.1, 0.15) is 47.5 Å². The smallest absolute Gasteiger partial charge is 0.245 e. The molecule has 0 aromatic rings. The Kier molecular flexibility index (Phi) is 6.46. The Labute approximate surface area is 122 Å². The molecule has 1 N–H and O–H groups in total. The summed E-state index contributed by atoms with van der Waals surface area (Å²) in [5.41, 5.74) is 0. The first kappa shape index (κ1) is 17.0. The maximum absolute atomic E-state index is 12.5. The molecule has 0 aromatic heterocycles. The van der Waals surface area contributed by atoms with Crippen molar-refractivity contribution in [1.82, 2.24) is 10.2 Å². The molecule has 0 spiro atoms. The summed E-state index contributed by atoms with van der Waals surface area (Å²) in [4.78, 5) is 26.4. The van der Waals surface area contributed by atoms with Gasteiger partial charge in [0.25, 0.3) is 0 Å². The monoisotopic (exact) mass is 284 g/mol. The van der Waals surface area contributed by atoms with Crippen LogP contribution >= 0.6 is 0 Å². The fourth-order valence-electron chi connectivity index (χ4n) is 2.50. The molecule has 116 valence electrons. The Bertz CT molecular complexity index is 344. The van der Waals surface area contributed by atoms with Crippen LogP contribution in [0.4, 0.5) is 0 Å². The SMILES string of the molecule is CCC1NC(=O)C(C(C)CC)N(CCOC(C)C)C1=O. The van der Waals surface area contributed by atoms with E-state index in [0.717, 1.165) is 6.42 Å². The summed E-state index contributed by atoms with van der Waals surface area (Å²) >= 11 is 0. The van der Waals surface area contributed by atoms with Gasteiger partial charge < -0.3 is 15.0 Å². The average molecular weight is 284 g/mol. The molecule has 1 fully saturated rings. The summed E-state index contributed by atoms with van der Waals surface area (Å²) in [6.07, 6.45) is 1.62.